The normalized spacial score (nSPS) is 17.0. The summed E-state index contributed by atoms with van der Waals surface area (Å²) in [7, 11) is 0. The van der Waals surface area contributed by atoms with Crippen molar-refractivity contribution in [3.8, 4) is 0 Å². The van der Waals surface area contributed by atoms with Gasteiger partial charge in [0.2, 0.25) is 5.91 Å². The minimum Gasteiger partial charge on any atom is -0.338 e. The van der Waals surface area contributed by atoms with Gasteiger partial charge in [0.05, 0.1) is 6.20 Å². The Bertz CT molecular complexity index is 689. The Labute approximate surface area is 141 Å². The largest absolute Gasteiger partial charge is 0.338 e. The van der Waals surface area contributed by atoms with E-state index in [9.17, 15) is 9.18 Å². The van der Waals surface area contributed by atoms with Crippen molar-refractivity contribution < 1.29 is 9.18 Å². The molecule has 0 saturated carbocycles. The maximum atomic E-state index is 13.0. The first-order chi connectivity index (χ1) is 11.5. The van der Waals surface area contributed by atoms with Gasteiger partial charge in [-0.25, -0.2) is 4.39 Å². The molecule has 1 amide bonds. The van der Waals surface area contributed by atoms with E-state index in [4.69, 9.17) is 0 Å². The van der Waals surface area contributed by atoms with Crippen LogP contribution in [0, 0.1) is 12.7 Å². The van der Waals surface area contributed by atoms with Gasteiger partial charge in [-0.2, -0.15) is 5.10 Å². The van der Waals surface area contributed by atoms with Crippen LogP contribution < -0.4 is 0 Å². The van der Waals surface area contributed by atoms with Gasteiger partial charge in [-0.05, 0) is 37.1 Å². The second-order valence-corrected chi connectivity index (χ2v) is 6.40. The predicted octanol–water partition coefficient (Wildman–Crippen LogP) is 2.24. The molecule has 6 heteroatoms. The van der Waals surface area contributed by atoms with Gasteiger partial charge in [0.15, 0.2) is 0 Å². The maximum Gasteiger partial charge on any atom is 0.247 e. The van der Waals surface area contributed by atoms with Crippen molar-refractivity contribution in [3.05, 3.63) is 53.6 Å². The minimum absolute atomic E-state index is 0.111. The lowest BCUT2D eigenvalue weighted by molar-refractivity contribution is -0.136. The van der Waals surface area contributed by atoms with Crippen LogP contribution >= 0.6 is 0 Å². The monoisotopic (exact) mass is 330 g/mol. The molecule has 1 aliphatic heterocycles. The van der Waals surface area contributed by atoms with Crippen LogP contribution in [-0.2, 0) is 11.3 Å². The Morgan fingerprint density at radius 2 is 1.88 bits per heavy atom. The van der Waals surface area contributed by atoms with Crippen LogP contribution in [0.25, 0.3) is 0 Å². The van der Waals surface area contributed by atoms with Crippen LogP contribution in [0.1, 0.15) is 24.1 Å². The van der Waals surface area contributed by atoms with Gasteiger partial charge >= 0.3 is 0 Å². The number of amides is 1. The first kappa shape index (κ1) is 16.6. The van der Waals surface area contributed by atoms with E-state index < -0.39 is 0 Å². The number of piperazine rings is 1. The Hall–Kier alpha value is -2.21. The van der Waals surface area contributed by atoms with Gasteiger partial charge < -0.3 is 4.90 Å². The fourth-order valence-corrected chi connectivity index (χ4v) is 3.00. The molecule has 24 heavy (non-hydrogen) atoms. The average molecular weight is 330 g/mol. The number of rotatable bonds is 4. The second kappa shape index (κ2) is 7.13. The van der Waals surface area contributed by atoms with E-state index >= 15 is 0 Å². The molecule has 5 nitrogen and oxygen atoms in total. The molecule has 1 atom stereocenters. The second-order valence-electron chi connectivity index (χ2n) is 6.40. The Morgan fingerprint density at radius 3 is 2.46 bits per heavy atom. The van der Waals surface area contributed by atoms with Gasteiger partial charge in [0.25, 0.3) is 0 Å². The summed E-state index contributed by atoms with van der Waals surface area (Å²) in [5.74, 6) is -0.100. The minimum atomic E-state index is -0.276. The van der Waals surface area contributed by atoms with E-state index in [-0.39, 0.29) is 17.8 Å². The number of carbonyl (C=O) groups excluding carboxylic acids is 1. The van der Waals surface area contributed by atoms with Crippen molar-refractivity contribution in [2.75, 3.05) is 26.2 Å². The number of halogens is 1. The van der Waals surface area contributed by atoms with Crippen LogP contribution in [0.4, 0.5) is 4.39 Å². The zero-order valence-corrected chi connectivity index (χ0v) is 14.2. The highest BCUT2D eigenvalue weighted by Crippen LogP contribution is 2.14. The highest BCUT2D eigenvalue weighted by atomic mass is 19.1. The topological polar surface area (TPSA) is 41.4 Å². The molecule has 1 unspecified atom stereocenters. The molecule has 1 aromatic heterocycles. The van der Waals surface area contributed by atoms with Crippen LogP contribution in [-0.4, -0.2) is 51.7 Å². The summed E-state index contributed by atoms with van der Waals surface area (Å²) >= 11 is 0. The summed E-state index contributed by atoms with van der Waals surface area (Å²) in [5.41, 5.74) is 2.15. The molecule has 1 aliphatic rings. The van der Waals surface area contributed by atoms with Crippen molar-refractivity contribution in [2.45, 2.75) is 26.4 Å². The summed E-state index contributed by atoms with van der Waals surface area (Å²) in [6, 6.07) is 6.33. The predicted molar refractivity (Wildman–Crippen MR) is 89.9 cm³/mol. The molecule has 128 valence electrons. The third-order valence-corrected chi connectivity index (χ3v) is 4.49. The van der Waals surface area contributed by atoms with Crippen LogP contribution in [0.5, 0.6) is 0 Å². The molecule has 0 aliphatic carbocycles. The lowest BCUT2D eigenvalue weighted by Crippen LogP contribution is -2.49. The van der Waals surface area contributed by atoms with Crippen LogP contribution in [0.2, 0.25) is 0 Å². The Balaban J connectivity index is 1.52. The van der Waals surface area contributed by atoms with Crippen LogP contribution in [0.15, 0.2) is 36.7 Å². The standard InChI is InChI=1S/C18H23FN4O/c1-14-11-20-23(12-14)15(2)18(24)22-9-7-21(8-10-22)13-16-3-5-17(19)6-4-16/h3-6,11-12,15H,7-10,13H2,1-2H3. The summed E-state index contributed by atoms with van der Waals surface area (Å²) in [6.45, 7) is 7.72. The highest BCUT2D eigenvalue weighted by molar-refractivity contribution is 5.80. The molecular formula is C18H23FN4O. The number of nitrogens with zero attached hydrogens (tertiary/aromatic N) is 4. The van der Waals surface area contributed by atoms with Crippen molar-refractivity contribution in [3.63, 3.8) is 0 Å². The van der Waals surface area contributed by atoms with Crippen LogP contribution in [0.3, 0.4) is 0 Å². The van der Waals surface area contributed by atoms with Gasteiger partial charge in [-0.3, -0.25) is 14.4 Å². The molecule has 0 spiro atoms. The molecule has 3 rings (SSSR count). The number of carbonyl (C=O) groups is 1. The lowest BCUT2D eigenvalue weighted by atomic mass is 10.2. The van der Waals surface area contributed by atoms with Gasteiger partial charge in [-0.1, -0.05) is 12.1 Å². The van der Waals surface area contributed by atoms with E-state index in [1.807, 2.05) is 37.1 Å². The van der Waals surface area contributed by atoms with E-state index in [1.165, 1.54) is 12.1 Å². The Kier molecular flexibility index (Phi) is 4.94. The number of hydrogen-bond donors (Lipinski definition) is 0. The van der Waals surface area contributed by atoms with Crippen molar-refractivity contribution >= 4 is 5.91 Å². The first-order valence-corrected chi connectivity index (χ1v) is 8.29. The van der Waals surface area contributed by atoms with E-state index in [0.29, 0.717) is 13.1 Å². The Morgan fingerprint density at radius 1 is 1.21 bits per heavy atom. The highest BCUT2D eigenvalue weighted by Gasteiger charge is 2.26. The number of aryl methyl sites for hydroxylation is 1. The molecular weight excluding hydrogens is 307 g/mol. The summed E-state index contributed by atoms with van der Waals surface area (Å²) < 4.78 is 14.7. The summed E-state index contributed by atoms with van der Waals surface area (Å²) in [4.78, 5) is 16.8. The fourth-order valence-electron chi connectivity index (χ4n) is 3.00. The molecule has 0 bridgehead atoms. The molecule has 1 fully saturated rings. The van der Waals surface area contributed by atoms with Gasteiger partial charge in [0.1, 0.15) is 11.9 Å². The molecule has 2 heterocycles. The van der Waals surface area contributed by atoms with Crippen molar-refractivity contribution in [1.82, 2.24) is 19.6 Å². The molecule has 2 aromatic rings. The average Bonchev–Trinajstić information content (AvgIpc) is 3.03. The number of benzene rings is 1. The van der Waals surface area contributed by atoms with Crippen molar-refractivity contribution in [2.24, 2.45) is 0 Å². The number of hydrogen-bond acceptors (Lipinski definition) is 3. The van der Waals surface area contributed by atoms with Crippen molar-refractivity contribution in [1.29, 1.82) is 0 Å². The molecule has 1 aromatic carbocycles. The smallest absolute Gasteiger partial charge is 0.247 e. The zero-order valence-electron chi connectivity index (χ0n) is 14.2. The third-order valence-electron chi connectivity index (χ3n) is 4.49. The first-order valence-electron chi connectivity index (χ1n) is 8.29. The van der Waals surface area contributed by atoms with E-state index in [1.54, 1.807) is 10.9 Å². The summed E-state index contributed by atoms with van der Waals surface area (Å²) in [5, 5.41) is 4.24. The molecule has 0 N–H and O–H groups in total. The maximum absolute atomic E-state index is 13.0. The van der Waals surface area contributed by atoms with Gasteiger partial charge in [-0.15, -0.1) is 0 Å². The zero-order chi connectivity index (χ0) is 17.1. The SMILES string of the molecule is Cc1cnn(C(C)C(=O)N2CCN(Cc3ccc(F)cc3)CC2)c1. The van der Waals surface area contributed by atoms with E-state index in [0.717, 1.165) is 30.8 Å². The quantitative estimate of drug-likeness (QED) is 0.863. The lowest BCUT2D eigenvalue weighted by Gasteiger charge is -2.36. The number of aromatic nitrogens is 2. The van der Waals surface area contributed by atoms with E-state index in [2.05, 4.69) is 10.00 Å². The third kappa shape index (κ3) is 3.82. The molecule has 1 saturated heterocycles. The fraction of sp³-hybridized carbons (Fsp3) is 0.444. The molecule has 0 radical (unpaired) electrons. The summed E-state index contributed by atoms with van der Waals surface area (Å²) in [6.07, 6.45) is 3.66. The van der Waals surface area contributed by atoms with Gasteiger partial charge in [0, 0.05) is 38.9 Å².